The second kappa shape index (κ2) is 3.74. The Kier molecular flexibility index (Phi) is 2.33. The molecular formula is C13H17N3O. The van der Waals surface area contributed by atoms with Crippen molar-refractivity contribution in [1.29, 1.82) is 0 Å². The Bertz CT molecular complexity index is 466. The number of amides is 1. The maximum atomic E-state index is 11.8. The molecule has 2 aliphatic rings. The van der Waals surface area contributed by atoms with Crippen LogP contribution in [0.15, 0.2) is 18.2 Å². The summed E-state index contributed by atoms with van der Waals surface area (Å²) in [5.41, 5.74) is 8.99. The first kappa shape index (κ1) is 10.6. The molecule has 2 heterocycles. The number of nitrogens with two attached hydrogens (primary N) is 1. The number of hydrogen-bond acceptors (Lipinski definition) is 3. The van der Waals surface area contributed by atoms with Crippen LogP contribution < -0.4 is 15.5 Å². The minimum Gasteiger partial charge on any atom is -0.371 e. The number of likely N-dealkylation sites (N-methyl/N-ethyl adjacent to an activating group) is 1. The number of anilines is 2. The lowest BCUT2D eigenvalue weighted by atomic mass is 10.1. The van der Waals surface area contributed by atoms with Gasteiger partial charge in [-0.2, -0.15) is 0 Å². The highest BCUT2D eigenvalue weighted by Crippen LogP contribution is 2.36. The van der Waals surface area contributed by atoms with Crippen molar-refractivity contribution in [2.45, 2.75) is 18.9 Å². The summed E-state index contributed by atoms with van der Waals surface area (Å²) in [6.45, 7) is 2.23. The Balaban J connectivity index is 1.99. The number of fused-ring (bicyclic) bond motifs is 1. The molecule has 0 saturated carbocycles. The minimum absolute atomic E-state index is 0.0152. The Hall–Kier alpha value is -1.55. The summed E-state index contributed by atoms with van der Waals surface area (Å²) in [5, 5.41) is 0. The molecule has 0 aliphatic carbocycles. The molecule has 4 nitrogen and oxygen atoms in total. The second-order valence-corrected chi connectivity index (χ2v) is 4.81. The molecule has 1 unspecified atom stereocenters. The summed E-state index contributed by atoms with van der Waals surface area (Å²) < 4.78 is 0. The summed E-state index contributed by atoms with van der Waals surface area (Å²) in [6.07, 6.45) is 2.51. The zero-order chi connectivity index (χ0) is 12.0. The number of nitrogens with zero attached hydrogens (tertiary/aromatic N) is 2. The van der Waals surface area contributed by atoms with Crippen molar-refractivity contribution in [3.63, 3.8) is 0 Å². The van der Waals surface area contributed by atoms with Crippen molar-refractivity contribution in [3.05, 3.63) is 23.8 Å². The van der Waals surface area contributed by atoms with Crippen LogP contribution in [-0.4, -0.2) is 26.0 Å². The molecule has 1 saturated heterocycles. The average molecular weight is 231 g/mol. The topological polar surface area (TPSA) is 49.6 Å². The van der Waals surface area contributed by atoms with Crippen molar-refractivity contribution in [1.82, 2.24) is 0 Å². The van der Waals surface area contributed by atoms with Gasteiger partial charge < -0.3 is 15.5 Å². The highest BCUT2D eigenvalue weighted by Gasteiger charge is 2.32. The molecule has 0 bridgehead atoms. The van der Waals surface area contributed by atoms with Gasteiger partial charge in [0.1, 0.15) is 6.04 Å². The number of rotatable bonds is 1. The van der Waals surface area contributed by atoms with Crippen molar-refractivity contribution < 1.29 is 4.79 Å². The van der Waals surface area contributed by atoms with Crippen molar-refractivity contribution >= 4 is 17.3 Å². The van der Waals surface area contributed by atoms with E-state index in [1.165, 1.54) is 18.5 Å². The molecule has 90 valence electrons. The van der Waals surface area contributed by atoms with Crippen LogP contribution in [0.1, 0.15) is 24.4 Å². The molecule has 17 heavy (non-hydrogen) atoms. The largest absolute Gasteiger partial charge is 0.371 e. The Labute approximate surface area is 101 Å². The maximum Gasteiger partial charge on any atom is 0.248 e. The number of hydrogen-bond donors (Lipinski definition) is 1. The fourth-order valence-corrected chi connectivity index (χ4v) is 2.72. The molecule has 3 rings (SSSR count). The van der Waals surface area contributed by atoms with Gasteiger partial charge in [-0.15, -0.1) is 0 Å². The van der Waals surface area contributed by atoms with Gasteiger partial charge in [-0.1, -0.05) is 6.07 Å². The zero-order valence-corrected chi connectivity index (χ0v) is 10.0. The van der Waals surface area contributed by atoms with Crippen LogP contribution in [-0.2, 0) is 4.79 Å². The lowest BCUT2D eigenvalue weighted by molar-refractivity contribution is -0.118. The third-order valence-electron chi connectivity index (χ3n) is 3.78. The van der Waals surface area contributed by atoms with Crippen molar-refractivity contribution in [2.75, 3.05) is 29.9 Å². The summed E-state index contributed by atoms with van der Waals surface area (Å²) in [6, 6.07) is 5.68. The molecule has 1 atom stereocenters. The molecule has 4 heteroatoms. The fourth-order valence-electron chi connectivity index (χ4n) is 2.72. The van der Waals surface area contributed by atoms with Crippen LogP contribution in [0.4, 0.5) is 11.4 Å². The summed E-state index contributed by atoms with van der Waals surface area (Å²) >= 11 is 0. The van der Waals surface area contributed by atoms with Crippen LogP contribution in [0, 0.1) is 0 Å². The van der Waals surface area contributed by atoms with Crippen molar-refractivity contribution in [3.8, 4) is 0 Å². The van der Waals surface area contributed by atoms with Gasteiger partial charge in [0.05, 0.1) is 5.69 Å². The monoisotopic (exact) mass is 231 g/mol. The first-order chi connectivity index (χ1) is 8.18. The number of carbonyl (C=O) groups excluding carboxylic acids is 1. The molecule has 1 aromatic carbocycles. The lowest BCUT2D eigenvalue weighted by Crippen LogP contribution is -2.27. The van der Waals surface area contributed by atoms with Gasteiger partial charge in [-0.25, -0.2) is 0 Å². The number of benzene rings is 1. The molecule has 0 radical (unpaired) electrons. The summed E-state index contributed by atoms with van der Waals surface area (Å²) in [4.78, 5) is 15.8. The molecular weight excluding hydrogens is 214 g/mol. The highest BCUT2D eigenvalue weighted by atomic mass is 16.2. The van der Waals surface area contributed by atoms with Gasteiger partial charge in [0, 0.05) is 31.4 Å². The van der Waals surface area contributed by atoms with Gasteiger partial charge in [0.2, 0.25) is 5.91 Å². The van der Waals surface area contributed by atoms with E-state index in [0.29, 0.717) is 0 Å². The number of carbonyl (C=O) groups is 1. The predicted molar refractivity (Wildman–Crippen MR) is 68.2 cm³/mol. The van der Waals surface area contributed by atoms with E-state index in [9.17, 15) is 4.79 Å². The molecule has 1 amide bonds. The van der Waals surface area contributed by atoms with Gasteiger partial charge in [0.15, 0.2) is 0 Å². The standard InChI is InChI=1S/C13H17N3O/c1-15-11-8-9(16-6-2-3-7-16)4-5-10(11)12(14)13(15)17/h4-5,8,12H,2-3,6-7,14H2,1H3. The van der Waals surface area contributed by atoms with E-state index < -0.39 is 6.04 Å². The normalized spacial score (nSPS) is 23.4. The minimum atomic E-state index is -0.484. The van der Waals surface area contributed by atoms with E-state index >= 15 is 0 Å². The van der Waals surface area contributed by atoms with Gasteiger partial charge in [0.25, 0.3) is 0 Å². The maximum absolute atomic E-state index is 11.8. The fraction of sp³-hybridized carbons (Fsp3) is 0.462. The Morgan fingerprint density at radius 2 is 2.00 bits per heavy atom. The third kappa shape index (κ3) is 1.52. The summed E-state index contributed by atoms with van der Waals surface area (Å²) in [5.74, 6) is -0.0152. The van der Waals surface area contributed by atoms with Crippen LogP contribution in [0.25, 0.3) is 0 Å². The van der Waals surface area contributed by atoms with E-state index in [4.69, 9.17) is 5.73 Å². The SMILES string of the molecule is CN1C(=O)C(N)c2ccc(N3CCCC3)cc21. The van der Waals surface area contributed by atoms with E-state index in [0.717, 1.165) is 24.3 Å². The first-order valence-corrected chi connectivity index (χ1v) is 6.10. The Morgan fingerprint density at radius 1 is 1.29 bits per heavy atom. The van der Waals surface area contributed by atoms with Gasteiger partial charge in [-0.05, 0) is 25.0 Å². The quantitative estimate of drug-likeness (QED) is 0.791. The van der Waals surface area contributed by atoms with E-state index in [1.54, 1.807) is 11.9 Å². The molecule has 1 aromatic rings. The first-order valence-electron chi connectivity index (χ1n) is 6.10. The zero-order valence-electron chi connectivity index (χ0n) is 10.0. The van der Waals surface area contributed by atoms with Crippen LogP contribution in [0.5, 0.6) is 0 Å². The van der Waals surface area contributed by atoms with Gasteiger partial charge >= 0.3 is 0 Å². The molecule has 0 spiro atoms. The molecule has 2 aliphatic heterocycles. The van der Waals surface area contributed by atoms with Crippen LogP contribution in [0.3, 0.4) is 0 Å². The smallest absolute Gasteiger partial charge is 0.248 e. The van der Waals surface area contributed by atoms with Crippen LogP contribution >= 0.6 is 0 Å². The van der Waals surface area contributed by atoms with Gasteiger partial charge in [-0.3, -0.25) is 4.79 Å². The lowest BCUT2D eigenvalue weighted by Gasteiger charge is -2.19. The van der Waals surface area contributed by atoms with E-state index in [-0.39, 0.29) is 5.91 Å². The second-order valence-electron chi connectivity index (χ2n) is 4.81. The Morgan fingerprint density at radius 3 is 2.71 bits per heavy atom. The van der Waals surface area contributed by atoms with Crippen LogP contribution in [0.2, 0.25) is 0 Å². The molecule has 1 fully saturated rings. The summed E-state index contributed by atoms with van der Waals surface area (Å²) in [7, 11) is 1.79. The third-order valence-corrected chi connectivity index (χ3v) is 3.78. The van der Waals surface area contributed by atoms with E-state index in [2.05, 4.69) is 17.0 Å². The predicted octanol–water partition coefficient (Wildman–Crippen LogP) is 1.26. The van der Waals surface area contributed by atoms with Crippen molar-refractivity contribution in [2.24, 2.45) is 5.73 Å². The highest BCUT2D eigenvalue weighted by molar-refractivity contribution is 6.04. The van der Waals surface area contributed by atoms with E-state index in [1.807, 2.05) is 6.07 Å². The average Bonchev–Trinajstić information content (AvgIpc) is 2.94. The molecule has 2 N–H and O–H groups in total. The molecule has 0 aromatic heterocycles.